The summed E-state index contributed by atoms with van der Waals surface area (Å²) in [5.41, 5.74) is 0.741. The minimum Gasteiger partial charge on any atom is -0.404 e. The molecule has 0 aliphatic heterocycles. The Balaban J connectivity index is 3.05. The van der Waals surface area contributed by atoms with Crippen molar-refractivity contribution in [1.82, 2.24) is 0 Å². The molecule has 0 heterocycles. The van der Waals surface area contributed by atoms with Crippen LogP contribution in [-0.2, 0) is 4.79 Å². The third kappa shape index (κ3) is 3.30. The number of carbonyl (C=O) groups is 1. The van der Waals surface area contributed by atoms with Crippen LogP contribution in [0, 0.1) is 6.92 Å². The molecule has 1 rings (SSSR count). The van der Waals surface area contributed by atoms with Crippen LogP contribution in [0.2, 0.25) is 5.02 Å². The van der Waals surface area contributed by atoms with E-state index in [9.17, 15) is 18.0 Å². The number of aryl methyl sites for hydroxylation is 1. The molecule has 0 spiro atoms. The molecular weight excluding hydrogens is 247 g/mol. The highest BCUT2D eigenvalue weighted by atomic mass is 35.5. The van der Waals surface area contributed by atoms with Crippen molar-refractivity contribution in [3.8, 4) is 5.75 Å². The summed E-state index contributed by atoms with van der Waals surface area (Å²) in [6.07, 6.45) is -4.39. The number of amides is 1. The highest BCUT2D eigenvalue weighted by molar-refractivity contribution is 6.32. The van der Waals surface area contributed by atoms with Crippen LogP contribution in [0.4, 0.5) is 18.9 Å². The minimum absolute atomic E-state index is 0.229. The van der Waals surface area contributed by atoms with E-state index >= 15 is 0 Å². The average Bonchev–Trinajstić information content (AvgIpc) is 2.11. The topological polar surface area (TPSA) is 38.3 Å². The fourth-order valence-corrected chi connectivity index (χ4v) is 1.28. The highest BCUT2D eigenvalue weighted by Crippen LogP contribution is 2.34. The second kappa shape index (κ2) is 4.61. The Labute approximate surface area is 94.2 Å². The highest BCUT2D eigenvalue weighted by Gasteiger charge is 2.32. The molecule has 0 saturated carbocycles. The van der Waals surface area contributed by atoms with Crippen molar-refractivity contribution in [2.75, 3.05) is 5.32 Å². The van der Waals surface area contributed by atoms with Gasteiger partial charge in [-0.1, -0.05) is 11.6 Å². The van der Waals surface area contributed by atoms with Gasteiger partial charge >= 0.3 is 6.36 Å². The van der Waals surface area contributed by atoms with Gasteiger partial charge in [-0.3, -0.25) is 4.79 Å². The Morgan fingerprint density at radius 1 is 1.44 bits per heavy atom. The molecule has 1 aromatic carbocycles. The second-order valence-corrected chi connectivity index (χ2v) is 3.31. The monoisotopic (exact) mass is 253 g/mol. The standard InChI is InChI=1S/C9H7ClF3NO2/c1-5-2-8(16-9(11,12)13)6(10)3-7(5)14-4-15/h2-4H,1H3,(H,14,15). The predicted octanol–water partition coefficient (Wildman–Crippen LogP) is 3.12. The van der Waals surface area contributed by atoms with E-state index in [-0.39, 0.29) is 5.02 Å². The van der Waals surface area contributed by atoms with Crippen molar-refractivity contribution in [3.63, 3.8) is 0 Å². The van der Waals surface area contributed by atoms with Crippen molar-refractivity contribution >= 4 is 23.7 Å². The van der Waals surface area contributed by atoms with Crippen LogP contribution in [0.15, 0.2) is 12.1 Å². The number of halogens is 4. The molecule has 0 unspecified atom stereocenters. The van der Waals surface area contributed by atoms with Crippen molar-refractivity contribution in [3.05, 3.63) is 22.7 Å². The van der Waals surface area contributed by atoms with Crippen LogP contribution in [0.25, 0.3) is 0 Å². The third-order valence-corrected chi connectivity index (χ3v) is 2.01. The molecule has 1 amide bonds. The molecule has 1 N–H and O–H groups in total. The summed E-state index contributed by atoms with van der Waals surface area (Å²) in [6, 6.07) is 2.29. The molecule has 0 aliphatic carbocycles. The molecule has 16 heavy (non-hydrogen) atoms. The lowest BCUT2D eigenvalue weighted by Gasteiger charge is -2.13. The summed E-state index contributed by atoms with van der Waals surface area (Å²) in [5.74, 6) is -0.497. The van der Waals surface area contributed by atoms with E-state index in [0.29, 0.717) is 17.7 Å². The molecule has 0 atom stereocenters. The van der Waals surface area contributed by atoms with Gasteiger partial charge in [0.2, 0.25) is 6.41 Å². The summed E-state index contributed by atoms with van der Waals surface area (Å²) in [4.78, 5) is 10.2. The molecule has 88 valence electrons. The summed E-state index contributed by atoms with van der Waals surface area (Å²) in [7, 11) is 0. The van der Waals surface area contributed by atoms with Crippen LogP contribution in [0.1, 0.15) is 5.56 Å². The van der Waals surface area contributed by atoms with E-state index in [1.165, 1.54) is 13.0 Å². The first-order chi connectivity index (χ1) is 7.33. The Kier molecular flexibility index (Phi) is 3.64. The summed E-state index contributed by atoms with van der Waals surface area (Å²) >= 11 is 5.56. The lowest BCUT2D eigenvalue weighted by molar-refractivity contribution is -0.274. The fourth-order valence-electron chi connectivity index (χ4n) is 1.08. The SMILES string of the molecule is Cc1cc(OC(F)(F)F)c(Cl)cc1NC=O. The molecule has 0 aromatic heterocycles. The van der Waals surface area contributed by atoms with E-state index < -0.39 is 12.1 Å². The molecule has 0 fully saturated rings. The van der Waals surface area contributed by atoms with Crippen molar-refractivity contribution in [2.45, 2.75) is 13.3 Å². The summed E-state index contributed by atoms with van der Waals surface area (Å²) in [6.45, 7) is 1.52. The maximum Gasteiger partial charge on any atom is 0.573 e. The van der Waals surface area contributed by atoms with Crippen LogP contribution < -0.4 is 10.1 Å². The predicted molar refractivity (Wildman–Crippen MR) is 52.6 cm³/mol. The normalized spacial score (nSPS) is 11.1. The molecular formula is C9H7ClF3NO2. The van der Waals surface area contributed by atoms with Crippen LogP contribution in [0.3, 0.4) is 0 Å². The first-order valence-corrected chi connectivity index (χ1v) is 4.47. The first kappa shape index (κ1) is 12.6. The average molecular weight is 254 g/mol. The van der Waals surface area contributed by atoms with Gasteiger partial charge in [0.25, 0.3) is 0 Å². The number of alkyl halides is 3. The largest absolute Gasteiger partial charge is 0.573 e. The van der Waals surface area contributed by atoms with Gasteiger partial charge in [-0.05, 0) is 24.6 Å². The van der Waals surface area contributed by atoms with Crippen molar-refractivity contribution < 1.29 is 22.7 Å². The molecule has 0 radical (unpaired) electrons. The summed E-state index contributed by atoms with van der Waals surface area (Å²) in [5, 5.41) is 2.08. The Hall–Kier alpha value is -1.43. The van der Waals surface area contributed by atoms with Gasteiger partial charge in [0.15, 0.2) is 0 Å². The quantitative estimate of drug-likeness (QED) is 0.841. The number of ether oxygens (including phenoxy) is 1. The van der Waals surface area contributed by atoms with Crippen LogP contribution in [0.5, 0.6) is 5.75 Å². The number of hydrogen-bond acceptors (Lipinski definition) is 2. The number of benzene rings is 1. The minimum atomic E-state index is -4.80. The lowest BCUT2D eigenvalue weighted by Crippen LogP contribution is -2.17. The smallest absolute Gasteiger partial charge is 0.404 e. The first-order valence-electron chi connectivity index (χ1n) is 4.09. The zero-order chi connectivity index (χ0) is 12.3. The Bertz CT molecular complexity index is 406. The molecule has 3 nitrogen and oxygen atoms in total. The van der Waals surface area contributed by atoms with Gasteiger partial charge < -0.3 is 10.1 Å². The van der Waals surface area contributed by atoms with E-state index in [2.05, 4.69) is 10.1 Å². The molecule has 7 heteroatoms. The van der Waals surface area contributed by atoms with Gasteiger partial charge in [0.1, 0.15) is 5.75 Å². The summed E-state index contributed by atoms with van der Waals surface area (Å²) < 4.78 is 39.5. The maximum absolute atomic E-state index is 11.9. The van der Waals surface area contributed by atoms with Gasteiger partial charge in [-0.2, -0.15) is 0 Å². The number of anilines is 1. The van der Waals surface area contributed by atoms with Gasteiger partial charge in [0.05, 0.1) is 5.02 Å². The zero-order valence-electron chi connectivity index (χ0n) is 8.06. The zero-order valence-corrected chi connectivity index (χ0v) is 8.82. The molecule has 0 saturated heterocycles. The second-order valence-electron chi connectivity index (χ2n) is 2.91. The van der Waals surface area contributed by atoms with Crippen molar-refractivity contribution in [2.24, 2.45) is 0 Å². The van der Waals surface area contributed by atoms with Gasteiger partial charge in [0, 0.05) is 5.69 Å². The Morgan fingerprint density at radius 3 is 2.56 bits per heavy atom. The number of nitrogens with one attached hydrogen (secondary N) is 1. The number of rotatable bonds is 3. The van der Waals surface area contributed by atoms with Gasteiger partial charge in [-0.25, -0.2) is 0 Å². The maximum atomic E-state index is 11.9. The number of carbonyl (C=O) groups excluding carboxylic acids is 1. The molecule has 1 aromatic rings. The fraction of sp³-hybridized carbons (Fsp3) is 0.222. The third-order valence-electron chi connectivity index (χ3n) is 1.72. The molecule has 0 aliphatic rings. The van der Waals surface area contributed by atoms with Crippen molar-refractivity contribution in [1.29, 1.82) is 0 Å². The van der Waals surface area contributed by atoms with Crippen LogP contribution >= 0.6 is 11.6 Å². The molecule has 0 bridgehead atoms. The number of hydrogen-bond donors (Lipinski definition) is 1. The lowest BCUT2D eigenvalue weighted by atomic mass is 10.2. The van der Waals surface area contributed by atoms with E-state index in [0.717, 1.165) is 6.07 Å². The van der Waals surface area contributed by atoms with Gasteiger partial charge in [-0.15, -0.1) is 13.2 Å². The Morgan fingerprint density at radius 2 is 2.06 bits per heavy atom. The van der Waals surface area contributed by atoms with E-state index in [1.807, 2.05) is 0 Å². The van der Waals surface area contributed by atoms with E-state index in [1.54, 1.807) is 0 Å². The van der Waals surface area contributed by atoms with E-state index in [4.69, 9.17) is 11.6 Å². The van der Waals surface area contributed by atoms with Crippen LogP contribution in [-0.4, -0.2) is 12.8 Å².